The highest BCUT2D eigenvalue weighted by Gasteiger charge is 2.55. The van der Waals surface area contributed by atoms with E-state index in [9.17, 15) is 4.79 Å². The van der Waals surface area contributed by atoms with Gasteiger partial charge in [-0.25, -0.2) is 4.79 Å². The van der Waals surface area contributed by atoms with Crippen molar-refractivity contribution in [2.45, 2.75) is 43.7 Å². The van der Waals surface area contributed by atoms with E-state index in [-0.39, 0.29) is 18.3 Å². The van der Waals surface area contributed by atoms with Crippen molar-refractivity contribution in [1.29, 1.82) is 0 Å². The van der Waals surface area contributed by atoms with Crippen molar-refractivity contribution in [2.24, 2.45) is 4.99 Å². The van der Waals surface area contributed by atoms with Crippen molar-refractivity contribution in [3.05, 3.63) is 0 Å². The van der Waals surface area contributed by atoms with Crippen LogP contribution in [0.25, 0.3) is 0 Å². The average Bonchev–Trinajstić information content (AvgIpc) is 2.00. The van der Waals surface area contributed by atoms with Gasteiger partial charge in [0, 0.05) is 19.3 Å². The first kappa shape index (κ1) is 7.64. The van der Waals surface area contributed by atoms with E-state index < -0.39 is 6.10 Å². The highest BCUT2D eigenvalue weighted by molar-refractivity contribution is 5.33. The number of hydrogen-bond acceptors (Lipinski definition) is 5. The Labute approximate surface area is 74.7 Å². The molecule has 0 atom stereocenters. The molecule has 3 aliphatic heterocycles. The van der Waals surface area contributed by atoms with Crippen molar-refractivity contribution in [3.63, 3.8) is 0 Å². The van der Waals surface area contributed by atoms with E-state index in [1.54, 1.807) is 0 Å². The van der Waals surface area contributed by atoms with Gasteiger partial charge >= 0.3 is 6.10 Å². The number of rotatable bonds is 1. The number of nitrogens with zero attached hydrogens (tertiary/aromatic N) is 1. The molecular formula is C8H9NO4. The molecule has 4 fully saturated rings. The van der Waals surface area contributed by atoms with Crippen LogP contribution in [0.5, 0.6) is 0 Å². The summed E-state index contributed by atoms with van der Waals surface area (Å²) in [4.78, 5) is 13.6. The van der Waals surface area contributed by atoms with E-state index in [1.807, 2.05) is 0 Å². The molecule has 3 heterocycles. The molecule has 5 heteroatoms. The van der Waals surface area contributed by atoms with Crippen LogP contribution in [0.4, 0.5) is 0 Å². The first-order valence-electron chi connectivity index (χ1n) is 4.42. The second-order valence-electron chi connectivity index (χ2n) is 3.65. The van der Waals surface area contributed by atoms with Crippen LogP contribution in [0.2, 0.25) is 0 Å². The van der Waals surface area contributed by atoms with Crippen molar-refractivity contribution in [2.75, 3.05) is 0 Å². The molecular weight excluding hydrogens is 174 g/mol. The van der Waals surface area contributed by atoms with Gasteiger partial charge in [0.05, 0.1) is 18.3 Å². The molecule has 0 aromatic carbocycles. The van der Waals surface area contributed by atoms with Crippen molar-refractivity contribution in [1.82, 2.24) is 0 Å². The third-order valence-corrected chi connectivity index (χ3v) is 2.71. The molecule has 13 heavy (non-hydrogen) atoms. The van der Waals surface area contributed by atoms with Crippen molar-refractivity contribution >= 4 is 6.08 Å². The second kappa shape index (κ2) is 2.39. The molecule has 0 amide bonds. The maximum absolute atomic E-state index is 10.2. The van der Waals surface area contributed by atoms with E-state index in [2.05, 4.69) is 4.99 Å². The highest BCUT2D eigenvalue weighted by Crippen LogP contribution is 2.44. The molecule has 1 saturated carbocycles. The van der Waals surface area contributed by atoms with Gasteiger partial charge in [-0.2, -0.15) is 0 Å². The second-order valence-corrected chi connectivity index (χ2v) is 3.65. The minimum Gasteiger partial charge on any atom is -0.304 e. The molecule has 70 valence electrons. The Bertz CT molecular complexity index is 249. The van der Waals surface area contributed by atoms with Crippen LogP contribution >= 0.6 is 0 Å². The molecule has 4 rings (SSSR count). The predicted octanol–water partition coefficient (Wildman–Crippen LogP) is 0.300. The van der Waals surface area contributed by atoms with Gasteiger partial charge < -0.3 is 14.2 Å². The Balaban J connectivity index is 1.95. The largest absolute Gasteiger partial charge is 0.406 e. The smallest absolute Gasteiger partial charge is 0.304 e. The minimum atomic E-state index is -1.45. The van der Waals surface area contributed by atoms with E-state index in [0.717, 1.165) is 19.3 Å². The standard InChI is InChI=1S/C8H9NO4/c10-4-9-8-11-5-1-6(12-8)3-7(2-5)13-8/h5-7H,1-3H2. The molecule has 4 bridgehead atoms. The molecule has 0 aromatic heterocycles. The average molecular weight is 183 g/mol. The van der Waals surface area contributed by atoms with E-state index >= 15 is 0 Å². The van der Waals surface area contributed by atoms with Gasteiger partial charge in [0.15, 0.2) is 0 Å². The summed E-state index contributed by atoms with van der Waals surface area (Å²) >= 11 is 0. The van der Waals surface area contributed by atoms with Gasteiger partial charge in [-0.1, -0.05) is 0 Å². The van der Waals surface area contributed by atoms with Crippen LogP contribution in [0.15, 0.2) is 4.99 Å². The topological polar surface area (TPSA) is 57.1 Å². The maximum Gasteiger partial charge on any atom is 0.406 e. The fourth-order valence-corrected chi connectivity index (χ4v) is 2.31. The van der Waals surface area contributed by atoms with Gasteiger partial charge in [-0.05, 0) is 0 Å². The zero-order valence-electron chi connectivity index (χ0n) is 6.93. The van der Waals surface area contributed by atoms with Crippen molar-refractivity contribution in [3.8, 4) is 0 Å². The Morgan fingerprint density at radius 3 is 1.92 bits per heavy atom. The van der Waals surface area contributed by atoms with Crippen LogP contribution in [0.3, 0.4) is 0 Å². The van der Waals surface area contributed by atoms with Gasteiger partial charge in [0.25, 0.3) is 0 Å². The quantitative estimate of drug-likeness (QED) is 0.433. The molecule has 0 aromatic rings. The molecule has 3 saturated heterocycles. The summed E-state index contributed by atoms with van der Waals surface area (Å²) in [7, 11) is 0. The van der Waals surface area contributed by atoms with Gasteiger partial charge in [-0.15, -0.1) is 4.99 Å². The summed E-state index contributed by atoms with van der Waals surface area (Å²) in [5, 5.41) is 0. The summed E-state index contributed by atoms with van der Waals surface area (Å²) < 4.78 is 16.1. The summed E-state index contributed by atoms with van der Waals surface area (Å²) in [6.45, 7) is 0. The monoisotopic (exact) mass is 183 g/mol. The van der Waals surface area contributed by atoms with Gasteiger partial charge in [0.1, 0.15) is 0 Å². The van der Waals surface area contributed by atoms with Gasteiger partial charge in [0.2, 0.25) is 6.08 Å². The fourth-order valence-electron chi connectivity index (χ4n) is 2.31. The molecule has 1 aliphatic carbocycles. The molecule has 0 N–H and O–H groups in total. The highest BCUT2D eigenvalue weighted by atomic mass is 16.9. The number of hydrogen-bond donors (Lipinski definition) is 0. The number of isocyanates is 1. The molecule has 0 spiro atoms. The lowest BCUT2D eigenvalue weighted by molar-refractivity contribution is -0.489. The van der Waals surface area contributed by atoms with E-state index in [4.69, 9.17) is 14.2 Å². The lowest BCUT2D eigenvalue weighted by Gasteiger charge is -2.52. The SMILES string of the molecule is O=C=NC12OC3CC(CC(C3)O1)O2. The van der Waals surface area contributed by atoms with E-state index in [1.165, 1.54) is 6.08 Å². The lowest BCUT2D eigenvalue weighted by atomic mass is 9.90. The summed E-state index contributed by atoms with van der Waals surface area (Å²) in [5.74, 6) is 0. The molecule has 0 radical (unpaired) electrons. The van der Waals surface area contributed by atoms with Crippen molar-refractivity contribution < 1.29 is 19.0 Å². The molecule has 5 nitrogen and oxygen atoms in total. The molecule has 0 unspecified atom stereocenters. The van der Waals surface area contributed by atoms with Crippen LogP contribution < -0.4 is 0 Å². The van der Waals surface area contributed by atoms with Crippen LogP contribution in [-0.4, -0.2) is 30.5 Å². The zero-order chi connectivity index (χ0) is 8.89. The third kappa shape index (κ3) is 1.05. The van der Waals surface area contributed by atoms with Gasteiger partial charge in [-0.3, -0.25) is 0 Å². The first-order valence-corrected chi connectivity index (χ1v) is 4.42. The van der Waals surface area contributed by atoms with E-state index in [0.29, 0.717) is 0 Å². The summed E-state index contributed by atoms with van der Waals surface area (Å²) in [6.07, 6.45) is 3.02. The summed E-state index contributed by atoms with van der Waals surface area (Å²) in [6, 6.07) is 0. The Kier molecular flexibility index (Phi) is 1.41. The number of ether oxygens (including phenoxy) is 3. The predicted molar refractivity (Wildman–Crippen MR) is 39.3 cm³/mol. The minimum absolute atomic E-state index is 0.128. The molecule has 4 aliphatic rings. The number of carbonyl (C=O) groups excluding carboxylic acids is 1. The Morgan fingerprint density at radius 1 is 1.08 bits per heavy atom. The maximum atomic E-state index is 10.2. The lowest BCUT2D eigenvalue weighted by Crippen LogP contribution is -2.61. The third-order valence-electron chi connectivity index (χ3n) is 2.71. The van der Waals surface area contributed by atoms with Crippen LogP contribution in [-0.2, 0) is 19.0 Å². The normalized spacial score (nSPS) is 51.8. The fraction of sp³-hybridized carbons (Fsp3) is 0.875. The number of aliphatic imine (C=N–C) groups is 1. The van der Waals surface area contributed by atoms with Crippen LogP contribution in [0, 0.1) is 0 Å². The first-order chi connectivity index (χ1) is 6.30. The zero-order valence-corrected chi connectivity index (χ0v) is 6.93. The van der Waals surface area contributed by atoms with Crippen LogP contribution in [0.1, 0.15) is 19.3 Å². The Hall–Kier alpha value is -0.740. The Morgan fingerprint density at radius 2 is 1.54 bits per heavy atom. The summed E-state index contributed by atoms with van der Waals surface area (Å²) in [5.41, 5.74) is 0.